The van der Waals surface area contributed by atoms with Crippen molar-refractivity contribution in [1.82, 2.24) is 5.32 Å². The van der Waals surface area contributed by atoms with Gasteiger partial charge in [-0.1, -0.05) is 25.4 Å². The van der Waals surface area contributed by atoms with Gasteiger partial charge in [0.25, 0.3) is 0 Å². The van der Waals surface area contributed by atoms with Crippen LogP contribution in [0.15, 0.2) is 18.2 Å². The third-order valence-electron chi connectivity index (χ3n) is 2.46. The molecule has 0 radical (unpaired) electrons. The van der Waals surface area contributed by atoms with Gasteiger partial charge >= 0.3 is 0 Å². The topological polar surface area (TPSA) is 58.2 Å². The Morgan fingerprint density at radius 3 is 2.37 bits per heavy atom. The highest BCUT2D eigenvalue weighted by molar-refractivity contribution is 6.31. The standard InChI is InChI=1S/C13H16ClFN2O2/c1-7(2)12(18)16-8(3)13(19)17-9-4-5-11(15)10(14)6-9/h4-8H,1-3H3,(H,16,18)(H,17,19)/t8-/m1/s1. The number of halogens is 2. The smallest absolute Gasteiger partial charge is 0.246 e. The van der Waals surface area contributed by atoms with Gasteiger partial charge in [-0.3, -0.25) is 9.59 Å². The van der Waals surface area contributed by atoms with E-state index < -0.39 is 17.8 Å². The number of anilines is 1. The maximum absolute atomic E-state index is 13.0. The van der Waals surface area contributed by atoms with Gasteiger partial charge in [-0.2, -0.15) is 0 Å². The molecule has 1 aromatic carbocycles. The van der Waals surface area contributed by atoms with E-state index in [0.717, 1.165) is 6.07 Å². The average Bonchev–Trinajstić information content (AvgIpc) is 2.33. The number of benzene rings is 1. The highest BCUT2D eigenvalue weighted by Crippen LogP contribution is 2.19. The average molecular weight is 287 g/mol. The van der Waals surface area contributed by atoms with Gasteiger partial charge in [0.2, 0.25) is 11.8 Å². The summed E-state index contributed by atoms with van der Waals surface area (Å²) in [6.45, 7) is 5.04. The number of carbonyl (C=O) groups is 2. The lowest BCUT2D eigenvalue weighted by Gasteiger charge is -2.15. The quantitative estimate of drug-likeness (QED) is 0.894. The molecule has 0 fully saturated rings. The summed E-state index contributed by atoms with van der Waals surface area (Å²) in [5.41, 5.74) is 0.377. The van der Waals surface area contributed by atoms with Crippen LogP contribution < -0.4 is 10.6 Å². The lowest BCUT2D eigenvalue weighted by atomic mass is 10.2. The minimum absolute atomic E-state index is 0.0725. The number of hydrogen-bond acceptors (Lipinski definition) is 2. The van der Waals surface area contributed by atoms with Crippen LogP contribution in [-0.4, -0.2) is 17.9 Å². The Kier molecular flexibility index (Phi) is 5.30. The summed E-state index contributed by atoms with van der Waals surface area (Å²) in [5.74, 6) is -1.35. The molecule has 6 heteroatoms. The van der Waals surface area contributed by atoms with E-state index in [-0.39, 0.29) is 16.8 Å². The molecule has 2 N–H and O–H groups in total. The fourth-order valence-electron chi connectivity index (χ4n) is 1.27. The van der Waals surface area contributed by atoms with Crippen molar-refractivity contribution >= 4 is 29.1 Å². The van der Waals surface area contributed by atoms with Crippen LogP contribution in [0.5, 0.6) is 0 Å². The van der Waals surface area contributed by atoms with Crippen molar-refractivity contribution < 1.29 is 14.0 Å². The lowest BCUT2D eigenvalue weighted by Crippen LogP contribution is -2.43. The Hall–Kier alpha value is -1.62. The molecule has 0 aromatic heterocycles. The first-order valence-corrected chi connectivity index (χ1v) is 6.25. The van der Waals surface area contributed by atoms with Crippen molar-refractivity contribution in [3.05, 3.63) is 29.0 Å². The molecular weight excluding hydrogens is 271 g/mol. The fourth-order valence-corrected chi connectivity index (χ4v) is 1.45. The van der Waals surface area contributed by atoms with Crippen LogP contribution in [0.2, 0.25) is 5.02 Å². The molecule has 1 rings (SSSR count). The van der Waals surface area contributed by atoms with Crippen molar-refractivity contribution in [3.8, 4) is 0 Å². The van der Waals surface area contributed by atoms with Crippen molar-refractivity contribution in [1.29, 1.82) is 0 Å². The molecule has 0 bridgehead atoms. The van der Waals surface area contributed by atoms with Crippen molar-refractivity contribution in [2.45, 2.75) is 26.8 Å². The van der Waals surface area contributed by atoms with Gasteiger partial charge in [-0.15, -0.1) is 0 Å². The zero-order chi connectivity index (χ0) is 14.6. The first kappa shape index (κ1) is 15.4. The van der Waals surface area contributed by atoms with E-state index in [9.17, 15) is 14.0 Å². The van der Waals surface area contributed by atoms with Gasteiger partial charge in [-0.05, 0) is 25.1 Å². The molecule has 0 aliphatic heterocycles. The minimum Gasteiger partial charge on any atom is -0.344 e. The SMILES string of the molecule is CC(C)C(=O)N[C@H](C)C(=O)Nc1ccc(F)c(Cl)c1. The molecule has 0 aliphatic carbocycles. The van der Waals surface area contributed by atoms with Gasteiger partial charge in [0.05, 0.1) is 5.02 Å². The van der Waals surface area contributed by atoms with E-state index in [2.05, 4.69) is 10.6 Å². The van der Waals surface area contributed by atoms with Gasteiger partial charge < -0.3 is 10.6 Å². The molecule has 0 aliphatic rings. The molecule has 0 unspecified atom stereocenters. The van der Waals surface area contributed by atoms with Gasteiger partial charge in [-0.25, -0.2) is 4.39 Å². The normalized spacial score (nSPS) is 12.1. The first-order valence-electron chi connectivity index (χ1n) is 5.87. The van der Waals surface area contributed by atoms with E-state index in [0.29, 0.717) is 5.69 Å². The number of amides is 2. The lowest BCUT2D eigenvalue weighted by molar-refractivity contribution is -0.128. The van der Waals surface area contributed by atoms with Crippen LogP contribution in [0.25, 0.3) is 0 Å². The molecule has 0 spiro atoms. The highest BCUT2D eigenvalue weighted by Gasteiger charge is 2.17. The number of nitrogens with one attached hydrogen (secondary N) is 2. The molecule has 19 heavy (non-hydrogen) atoms. The van der Waals surface area contributed by atoms with Crippen molar-refractivity contribution in [2.24, 2.45) is 5.92 Å². The summed E-state index contributed by atoms with van der Waals surface area (Å²) in [5, 5.41) is 5.04. The predicted octanol–water partition coefficient (Wildman–Crippen LogP) is 2.58. The first-order chi connectivity index (χ1) is 8.81. The Balaban J connectivity index is 2.63. The van der Waals surface area contributed by atoms with Crippen LogP contribution in [0.4, 0.5) is 10.1 Å². The third-order valence-corrected chi connectivity index (χ3v) is 2.75. The number of carbonyl (C=O) groups excluding carboxylic acids is 2. The molecule has 2 amide bonds. The van der Waals surface area contributed by atoms with Gasteiger partial charge in [0.1, 0.15) is 11.9 Å². The Labute approximate surface area is 116 Å². The van der Waals surface area contributed by atoms with Crippen LogP contribution in [0.3, 0.4) is 0 Å². The summed E-state index contributed by atoms with van der Waals surface area (Å²) in [6, 6.07) is 3.19. The maximum Gasteiger partial charge on any atom is 0.246 e. The van der Waals surface area contributed by atoms with E-state index in [1.807, 2.05) is 0 Å². The second-order valence-corrected chi connectivity index (χ2v) is 4.91. The second-order valence-electron chi connectivity index (χ2n) is 4.50. The van der Waals surface area contributed by atoms with Crippen molar-refractivity contribution in [2.75, 3.05) is 5.32 Å². The second kappa shape index (κ2) is 6.52. The monoisotopic (exact) mass is 286 g/mol. The zero-order valence-corrected chi connectivity index (χ0v) is 11.7. The Morgan fingerprint density at radius 1 is 1.21 bits per heavy atom. The van der Waals surface area contributed by atoms with Gasteiger partial charge in [0.15, 0.2) is 0 Å². The van der Waals surface area contributed by atoms with E-state index in [1.165, 1.54) is 12.1 Å². The Bertz CT molecular complexity index is 492. The highest BCUT2D eigenvalue weighted by atomic mass is 35.5. The number of rotatable bonds is 4. The summed E-state index contributed by atoms with van der Waals surface area (Å²) < 4.78 is 13.0. The molecule has 104 valence electrons. The fraction of sp³-hybridized carbons (Fsp3) is 0.385. The van der Waals surface area contributed by atoms with Crippen LogP contribution >= 0.6 is 11.6 Å². The molecule has 1 aromatic rings. The van der Waals surface area contributed by atoms with E-state index in [1.54, 1.807) is 20.8 Å². The summed E-state index contributed by atoms with van der Waals surface area (Å²) in [6.07, 6.45) is 0. The van der Waals surface area contributed by atoms with E-state index in [4.69, 9.17) is 11.6 Å². The summed E-state index contributed by atoms with van der Waals surface area (Å²) in [4.78, 5) is 23.3. The summed E-state index contributed by atoms with van der Waals surface area (Å²) >= 11 is 5.61. The molecule has 4 nitrogen and oxygen atoms in total. The molecule has 1 atom stereocenters. The number of hydrogen-bond donors (Lipinski definition) is 2. The largest absolute Gasteiger partial charge is 0.344 e. The molecular formula is C13H16ClFN2O2. The van der Waals surface area contributed by atoms with E-state index >= 15 is 0 Å². The van der Waals surface area contributed by atoms with Crippen LogP contribution in [-0.2, 0) is 9.59 Å². The molecule has 0 heterocycles. The summed E-state index contributed by atoms with van der Waals surface area (Å²) in [7, 11) is 0. The van der Waals surface area contributed by atoms with Crippen LogP contribution in [0.1, 0.15) is 20.8 Å². The third kappa shape index (κ3) is 4.52. The van der Waals surface area contributed by atoms with Gasteiger partial charge in [0, 0.05) is 11.6 Å². The van der Waals surface area contributed by atoms with Crippen LogP contribution in [0, 0.1) is 11.7 Å². The zero-order valence-electron chi connectivity index (χ0n) is 11.0. The predicted molar refractivity (Wildman–Crippen MR) is 72.5 cm³/mol. The molecule has 0 saturated heterocycles. The minimum atomic E-state index is -0.682. The van der Waals surface area contributed by atoms with Crippen molar-refractivity contribution in [3.63, 3.8) is 0 Å². The maximum atomic E-state index is 13.0. The molecule has 0 saturated carbocycles. The Morgan fingerprint density at radius 2 is 1.84 bits per heavy atom.